The number of carbonyl (C=O) groups excluding carboxylic acids is 1. The SMILES string of the molecule is O=C(O)CC(NC(=O)c1cc(=O)n(-c2ccccc2F)[nH]1)c1cc(F)ccc1Cl. The fraction of sp³-hybridized carbons (Fsp3) is 0.105. The quantitative estimate of drug-likeness (QED) is 0.569. The Hall–Kier alpha value is -3.46. The Morgan fingerprint density at radius 3 is 2.59 bits per heavy atom. The van der Waals surface area contributed by atoms with E-state index in [1.807, 2.05) is 0 Å². The number of halogens is 3. The first-order valence-electron chi connectivity index (χ1n) is 8.31. The summed E-state index contributed by atoms with van der Waals surface area (Å²) in [6.07, 6.45) is -0.576. The number of amides is 1. The number of hydrogen-bond donors (Lipinski definition) is 3. The monoisotopic (exact) mass is 421 g/mol. The number of hydrogen-bond acceptors (Lipinski definition) is 3. The maximum Gasteiger partial charge on any atom is 0.305 e. The number of nitrogens with zero attached hydrogens (tertiary/aromatic N) is 1. The molecular weight excluding hydrogens is 408 g/mol. The second kappa shape index (κ2) is 8.27. The van der Waals surface area contributed by atoms with Crippen LogP contribution in [0.1, 0.15) is 28.5 Å². The fourth-order valence-electron chi connectivity index (χ4n) is 2.76. The summed E-state index contributed by atoms with van der Waals surface area (Å²) in [6, 6.07) is 8.58. The van der Waals surface area contributed by atoms with Gasteiger partial charge in [0.25, 0.3) is 11.5 Å². The molecule has 1 atom stereocenters. The van der Waals surface area contributed by atoms with Gasteiger partial charge in [0.05, 0.1) is 12.5 Å². The van der Waals surface area contributed by atoms with Crippen molar-refractivity contribution in [2.75, 3.05) is 0 Å². The molecule has 29 heavy (non-hydrogen) atoms. The molecule has 0 aliphatic heterocycles. The highest BCUT2D eigenvalue weighted by Gasteiger charge is 2.23. The van der Waals surface area contributed by atoms with Crippen molar-refractivity contribution in [2.45, 2.75) is 12.5 Å². The molecular formula is C19H14ClF2N3O4. The van der Waals surface area contributed by atoms with Crippen molar-refractivity contribution in [3.63, 3.8) is 0 Å². The lowest BCUT2D eigenvalue weighted by molar-refractivity contribution is -0.137. The molecule has 0 bridgehead atoms. The van der Waals surface area contributed by atoms with Crippen molar-refractivity contribution in [1.29, 1.82) is 0 Å². The Bertz CT molecular complexity index is 1140. The summed E-state index contributed by atoms with van der Waals surface area (Å²) in [4.78, 5) is 35.9. The summed E-state index contributed by atoms with van der Waals surface area (Å²) in [6.45, 7) is 0. The summed E-state index contributed by atoms with van der Waals surface area (Å²) in [5, 5.41) is 14.1. The van der Waals surface area contributed by atoms with Crippen LogP contribution >= 0.6 is 11.6 Å². The molecule has 1 heterocycles. The molecule has 1 amide bonds. The van der Waals surface area contributed by atoms with Gasteiger partial charge in [-0.2, -0.15) is 0 Å². The second-order valence-corrected chi connectivity index (χ2v) is 6.49. The number of H-pyrrole nitrogens is 1. The van der Waals surface area contributed by atoms with E-state index in [9.17, 15) is 23.2 Å². The molecule has 0 fully saturated rings. The van der Waals surface area contributed by atoms with Gasteiger partial charge in [-0.1, -0.05) is 23.7 Å². The number of aromatic amines is 1. The molecule has 1 unspecified atom stereocenters. The van der Waals surface area contributed by atoms with Gasteiger partial charge in [0.15, 0.2) is 0 Å². The van der Waals surface area contributed by atoms with Crippen LogP contribution in [0.15, 0.2) is 53.3 Å². The third-order valence-corrected chi connectivity index (χ3v) is 4.42. The van der Waals surface area contributed by atoms with Crippen molar-refractivity contribution < 1.29 is 23.5 Å². The first-order chi connectivity index (χ1) is 13.8. The molecule has 3 aromatic rings. The lowest BCUT2D eigenvalue weighted by Crippen LogP contribution is -2.31. The van der Waals surface area contributed by atoms with E-state index in [4.69, 9.17) is 16.7 Å². The largest absolute Gasteiger partial charge is 0.481 e. The van der Waals surface area contributed by atoms with Crippen LogP contribution in [-0.4, -0.2) is 26.8 Å². The Labute approximate surface area is 167 Å². The molecule has 1 aromatic heterocycles. The molecule has 3 N–H and O–H groups in total. The standard InChI is InChI=1S/C19H14ClF2N3O4/c20-12-6-5-10(21)7-11(12)14(9-18(27)28)23-19(29)15-8-17(26)25(24-15)16-4-2-1-3-13(16)22/h1-8,14,24H,9H2,(H,23,29)(H,27,28). The third kappa shape index (κ3) is 4.52. The lowest BCUT2D eigenvalue weighted by Gasteiger charge is -2.18. The number of para-hydroxylation sites is 1. The Kier molecular flexibility index (Phi) is 5.79. The minimum Gasteiger partial charge on any atom is -0.481 e. The minimum atomic E-state index is -1.26. The number of carboxylic acids is 1. The summed E-state index contributed by atoms with van der Waals surface area (Å²) >= 11 is 6.02. The number of benzene rings is 2. The van der Waals surface area contributed by atoms with Crippen LogP contribution < -0.4 is 10.9 Å². The summed E-state index contributed by atoms with van der Waals surface area (Å²) in [7, 11) is 0. The molecule has 0 radical (unpaired) electrons. The first kappa shape index (κ1) is 20.3. The highest BCUT2D eigenvalue weighted by molar-refractivity contribution is 6.31. The smallest absolute Gasteiger partial charge is 0.305 e. The van der Waals surface area contributed by atoms with Gasteiger partial charge in [0.2, 0.25) is 0 Å². The fourth-order valence-corrected chi connectivity index (χ4v) is 3.00. The van der Waals surface area contributed by atoms with Crippen LogP contribution in [0.3, 0.4) is 0 Å². The van der Waals surface area contributed by atoms with Crippen molar-refractivity contribution in [2.24, 2.45) is 0 Å². The zero-order valence-electron chi connectivity index (χ0n) is 14.7. The van der Waals surface area contributed by atoms with E-state index in [1.54, 1.807) is 0 Å². The molecule has 0 saturated carbocycles. The predicted octanol–water partition coefficient (Wildman–Crippen LogP) is 3.04. The van der Waals surface area contributed by atoms with E-state index in [0.29, 0.717) is 0 Å². The number of carboxylic acid groups (broad SMARTS) is 1. The van der Waals surface area contributed by atoms with Crippen LogP contribution in [0.4, 0.5) is 8.78 Å². The zero-order chi connectivity index (χ0) is 21.1. The van der Waals surface area contributed by atoms with Gasteiger partial charge < -0.3 is 10.4 Å². The molecule has 3 rings (SSSR count). The summed E-state index contributed by atoms with van der Waals surface area (Å²) < 4.78 is 28.3. The van der Waals surface area contributed by atoms with Gasteiger partial charge in [-0.3, -0.25) is 19.5 Å². The van der Waals surface area contributed by atoms with Crippen LogP contribution in [-0.2, 0) is 4.79 Å². The summed E-state index contributed by atoms with van der Waals surface area (Å²) in [5.41, 5.74) is -0.954. The number of nitrogens with one attached hydrogen (secondary N) is 2. The van der Waals surface area contributed by atoms with Gasteiger partial charge in [-0.05, 0) is 35.9 Å². The van der Waals surface area contributed by atoms with Crippen molar-refractivity contribution in [3.05, 3.63) is 86.8 Å². The Morgan fingerprint density at radius 2 is 1.90 bits per heavy atom. The highest BCUT2D eigenvalue weighted by Crippen LogP contribution is 2.26. The van der Waals surface area contributed by atoms with Crippen molar-refractivity contribution in [1.82, 2.24) is 15.1 Å². The number of aromatic nitrogens is 2. The maximum absolute atomic E-state index is 13.9. The second-order valence-electron chi connectivity index (χ2n) is 6.08. The Balaban J connectivity index is 1.92. The Morgan fingerprint density at radius 1 is 1.17 bits per heavy atom. The lowest BCUT2D eigenvalue weighted by atomic mass is 10.0. The maximum atomic E-state index is 13.9. The molecule has 10 heteroatoms. The van der Waals surface area contributed by atoms with Crippen molar-refractivity contribution >= 4 is 23.5 Å². The predicted molar refractivity (Wildman–Crippen MR) is 100 cm³/mol. The first-order valence-corrected chi connectivity index (χ1v) is 8.68. The van der Waals surface area contributed by atoms with Crippen LogP contribution in [0.25, 0.3) is 5.69 Å². The van der Waals surface area contributed by atoms with Gasteiger partial charge >= 0.3 is 5.97 Å². The molecule has 0 aliphatic carbocycles. The summed E-state index contributed by atoms with van der Waals surface area (Å²) in [5.74, 6) is -3.44. The van der Waals surface area contributed by atoms with Gasteiger partial charge in [0, 0.05) is 11.1 Å². The zero-order valence-corrected chi connectivity index (χ0v) is 15.4. The van der Waals surface area contributed by atoms with Gasteiger partial charge in [-0.15, -0.1) is 0 Å². The third-order valence-electron chi connectivity index (χ3n) is 4.08. The van der Waals surface area contributed by atoms with E-state index in [1.165, 1.54) is 24.3 Å². The highest BCUT2D eigenvalue weighted by atomic mass is 35.5. The average molecular weight is 422 g/mol. The topological polar surface area (TPSA) is 104 Å². The van der Waals surface area contributed by atoms with Crippen LogP contribution in [0.5, 0.6) is 0 Å². The van der Waals surface area contributed by atoms with Gasteiger partial charge in [-0.25, -0.2) is 13.5 Å². The van der Waals surface area contributed by atoms with E-state index in [2.05, 4.69) is 10.4 Å². The average Bonchev–Trinajstić information content (AvgIpc) is 3.05. The van der Waals surface area contributed by atoms with Crippen LogP contribution in [0.2, 0.25) is 5.02 Å². The van der Waals surface area contributed by atoms with Crippen molar-refractivity contribution in [3.8, 4) is 5.69 Å². The molecule has 0 spiro atoms. The van der Waals surface area contributed by atoms with E-state index >= 15 is 0 Å². The number of aliphatic carboxylic acids is 1. The molecule has 150 valence electrons. The number of rotatable bonds is 6. The van der Waals surface area contributed by atoms with Crippen LogP contribution in [0, 0.1) is 11.6 Å². The number of carbonyl (C=O) groups is 2. The van der Waals surface area contributed by atoms with Gasteiger partial charge in [0.1, 0.15) is 23.0 Å². The molecule has 0 saturated heterocycles. The molecule has 2 aromatic carbocycles. The minimum absolute atomic E-state index is 0.0652. The molecule has 0 aliphatic rings. The van der Waals surface area contributed by atoms with E-state index in [0.717, 1.165) is 28.9 Å². The molecule has 7 nitrogen and oxygen atoms in total. The van der Waals surface area contributed by atoms with E-state index < -0.39 is 41.5 Å². The van der Waals surface area contributed by atoms with E-state index in [-0.39, 0.29) is 22.0 Å². The normalized spacial score (nSPS) is 11.8.